The summed E-state index contributed by atoms with van der Waals surface area (Å²) in [7, 11) is -3.76. The van der Waals surface area contributed by atoms with Crippen molar-refractivity contribution in [1.29, 1.82) is 0 Å². The lowest BCUT2D eigenvalue weighted by molar-refractivity contribution is -0.121. The summed E-state index contributed by atoms with van der Waals surface area (Å²) in [6.07, 6.45) is 2.46. The monoisotopic (exact) mass is 445 g/mol. The van der Waals surface area contributed by atoms with Crippen molar-refractivity contribution in [3.05, 3.63) is 54.3 Å². The second-order valence-electron chi connectivity index (χ2n) is 7.84. The molecule has 31 heavy (non-hydrogen) atoms. The van der Waals surface area contributed by atoms with E-state index in [0.717, 1.165) is 6.42 Å². The van der Waals surface area contributed by atoms with Gasteiger partial charge in [0, 0.05) is 37.4 Å². The number of nitrogens with one attached hydrogen (secondary N) is 1. The Morgan fingerprint density at radius 3 is 2.35 bits per heavy atom. The number of carbonyl (C=O) groups is 2. The van der Waals surface area contributed by atoms with Crippen LogP contribution >= 0.6 is 0 Å². The van der Waals surface area contributed by atoms with Gasteiger partial charge in [-0.2, -0.15) is 4.31 Å². The van der Waals surface area contributed by atoms with Crippen LogP contribution in [-0.2, 0) is 19.6 Å². The number of sulfonamides is 1. The molecular weight excluding hydrogens is 421 g/mol. The van der Waals surface area contributed by atoms with Gasteiger partial charge >= 0.3 is 0 Å². The first kappa shape index (κ1) is 21.5. The molecule has 0 aromatic heterocycles. The highest BCUT2D eigenvalue weighted by Gasteiger charge is 2.33. The summed E-state index contributed by atoms with van der Waals surface area (Å²) < 4.78 is 40.6. The number of nitrogens with zero attached hydrogens (tertiary/aromatic N) is 2. The van der Waals surface area contributed by atoms with Gasteiger partial charge in [-0.15, -0.1) is 0 Å². The van der Waals surface area contributed by atoms with Crippen molar-refractivity contribution >= 4 is 33.2 Å². The van der Waals surface area contributed by atoms with Crippen molar-refractivity contribution in [2.75, 3.05) is 29.9 Å². The Morgan fingerprint density at radius 1 is 1.00 bits per heavy atom. The van der Waals surface area contributed by atoms with E-state index in [1.54, 1.807) is 17.0 Å². The molecule has 164 valence electrons. The van der Waals surface area contributed by atoms with Gasteiger partial charge in [0.25, 0.3) is 0 Å². The molecule has 2 aromatic carbocycles. The molecular formula is C22H24FN3O4S. The standard InChI is InChI=1S/C22H24FN3O4S/c23-17-5-7-18(8-6-17)24-22(28)16-3-1-13-25(15-16)31(29,30)20-11-9-19(10-12-20)26-14-2-4-21(26)27/h5-12,16H,1-4,13-15H2,(H,24,28). The molecule has 2 aliphatic rings. The maximum Gasteiger partial charge on any atom is 0.243 e. The van der Waals surface area contributed by atoms with Crippen LogP contribution in [0.5, 0.6) is 0 Å². The summed E-state index contributed by atoms with van der Waals surface area (Å²) >= 11 is 0. The van der Waals surface area contributed by atoms with Gasteiger partial charge in [-0.1, -0.05) is 0 Å². The molecule has 2 fully saturated rings. The zero-order chi connectivity index (χ0) is 22.0. The van der Waals surface area contributed by atoms with Crippen LogP contribution in [0.2, 0.25) is 0 Å². The lowest BCUT2D eigenvalue weighted by Crippen LogP contribution is -2.43. The van der Waals surface area contributed by atoms with Crippen molar-refractivity contribution in [2.45, 2.75) is 30.6 Å². The molecule has 0 saturated carbocycles. The zero-order valence-corrected chi connectivity index (χ0v) is 17.8. The number of hydrogen-bond acceptors (Lipinski definition) is 4. The predicted molar refractivity (Wildman–Crippen MR) is 115 cm³/mol. The maximum atomic E-state index is 13.1. The molecule has 2 heterocycles. The Balaban J connectivity index is 1.44. The Bertz CT molecular complexity index is 1070. The van der Waals surface area contributed by atoms with Crippen LogP contribution in [-0.4, -0.2) is 44.2 Å². The van der Waals surface area contributed by atoms with E-state index in [1.807, 2.05) is 0 Å². The smallest absolute Gasteiger partial charge is 0.243 e. The van der Waals surface area contributed by atoms with E-state index in [1.165, 1.54) is 40.7 Å². The molecule has 7 nitrogen and oxygen atoms in total. The minimum Gasteiger partial charge on any atom is -0.326 e. The number of carbonyl (C=O) groups excluding carboxylic acids is 2. The third kappa shape index (κ3) is 4.62. The van der Waals surface area contributed by atoms with Crippen molar-refractivity contribution in [2.24, 2.45) is 5.92 Å². The highest BCUT2D eigenvalue weighted by Crippen LogP contribution is 2.27. The van der Waals surface area contributed by atoms with Gasteiger partial charge in [-0.3, -0.25) is 9.59 Å². The molecule has 1 N–H and O–H groups in total. The summed E-state index contributed by atoms with van der Waals surface area (Å²) in [4.78, 5) is 26.3. The van der Waals surface area contributed by atoms with Gasteiger partial charge in [-0.05, 0) is 67.8 Å². The molecule has 0 aliphatic carbocycles. The summed E-state index contributed by atoms with van der Waals surface area (Å²) in [5, 5.41) is 2.73. The maximum absolute atomic E-state index is 13.1. The number of piperidine rings is 1. The van der Waals surface area contributed by atoms with E-state index >= 15 is 0 Å². The van der Waals surface area contributed by atoms with Gasteiger partial charge in [0.05, 0.1) is 10.8 Å². The first-order chi connectivity index (χ1) is 14.8. The molecule has 1 atom stereocenters. The number of amides is 2. The summed E-state index contributed by atoms with van der Waals surface area (Å²) in [6.45, 7) is 1.07. The molecule has 2 aromatic rings. The largest absolute Gasteiger partial charge is 0.326 e. The fraction of sp³-hybridized carbons (Fsp3) is 0.364. The van der Waals surface area contributed by atoms with Crippen molar-refractivity contribution in [3.63, 3.8) is 0 Å². The number of anilines is 2. The molecule has 0 radical (unpaired) electrons. The van der Waals surface area contributed by atoms with Crippen molar-refractivity contribution < 1.29 is 22.4 Å². The van der Waals surface area contributed by atoms with E-state index in [-0.39, 0.29) is 23.3 Å². The average Bonchev–Trinajstić information content (AvgIpc) is 3.21. The molecule has 2 amide bonds. The van der Waals surface area contributed by atoms with Crippen LogP contribution in [0.4, 0.5) is 15.8 Å². The zero-order valence-electron chi connectivity index (χ0n) is 17.0. The summed E-state index contributed by atoms with van der Waals surface area (Å²) in [5.74, 6) is -1.13. The van der Waals surface area contributed by atoms with Gasteiger partial charge in [-0.25, -0.2) is 12.8 Å². The fourth-order valence-electron chi connectivity index (χ4n) is 4.02. The van der Waals surface area contributed by atoms with E-state index in [9.17, 15) is 22.4 Å². The van der Waals surface area contributed by atoms with Gasteiger partial charge in [0.15, 0.2) is 0 Å². The lowest BCUT2D eigenvalue weighted by Gasteiger charge is -2.31. The Labute approximate surface area is 180 Å². The molecule has 0 bridgehead atoms. The van der Waals surface area contributed by atoms with E-state index in [4.69, 9.17) is 0 Å². The number of rotatable bonds is 5. The second-order valence-corrected chi connectivity index (χ2v) is 9.78. The van der Waals surface area contributed by atoms with Gasteiger partial charge < -0.3 is 10.2 Å². The average molecular weight is 446 g/mol. The van der Waals surface area contributed by atoms with E-state index < -0.39 is 21.8 Å². The molecule has 4 rings (SSSR count). The van der Waals surface area contributed by atoms with Gasteiger partial charge in [0.1, 0.15) is 5.82 Å². The SMILES string of the molecule is O=C(Nc1ccc(F)cc1)C1CCCN(S(=O)(=O)c2ccc(N3CCCC3=O)cc2)C1. The van der Waals surface area contributed by atoms with Crippen molar-refractivity contribution in [3.8, 4) is 0 Å². The molecule has 2 saturated heterocycles. The summed E-state index contributed by atoms with van der Waals surface area (Å²) in [5.41, 5.74) is 1.16. The van der Waals surface area contributed by atoms with Gasteiger partial charge in [0.2, 0.25) is 21.8 Å². The topological polar surface area (TPSA) is 86.8 Å². The number of benzene rings is 2. The number of halogens is 1. The number of hydrogen-bond donors (Lipinski definition) is 1. The van der Waals surface area contributed by atoms with Crippen LogP contribution in [0.3, 0.4) is 0 Å². The van der Waals surface area contributed by atoms with E-state index in [2.05, 4.69) is 5.32 Å². The molecule has 1 unspecified atom stereocenters. The normalized spacial score (nSPS) is 20.1. The van der Waals surface area contributed by atoms with Crippen molar-refractivity contribution in [1.82, 2.24) is 4.31 Å². The van der Waals surface area contributed by atoms with Crippen LogP contribution in [0.15, 0.2) is 53.4 Å². The first-order valence-electron chi connectivity index (χ1n) is 10.3. The van der Waals surface area contributed by atoms with Crippen LogP contribution in [0.25, 0.3) is 0 Å². The minimum atomic E-state index is -3.76. The van der Waals surface area contributed by atoms with Crippen LogP contribution < -0.4 is 10.2 Å². The summed E-state index contributed by atoms with van der Waals surface area (Å²) in [6, 6.07) is 11.8. The fourth-order valence-corrected chi connectivity index (χ4v) is 5.54. The Kier molecular flexibility index (Phi) is 6.06. The predicted octanol–water partition coefficient (Wildman–Crippen LogP) is 2.99. The van der Waals surface area contributed by atoms with Crippen LogP contribution in [0.1, 0.15) is 25.7 Å². The highest BCUT2D eigenvalue weighted by atomic mass is 32.2. The third-order valence-corrected chi connectivity index (χ3v) is 7.61. The molecule has 0 spiro atoms. The van der Waals surface area contributed by atoms with Crippen LogP contribution in [0, 0.1) is 11.7 Å². The Hall–Kier alpha value is -2.78. The first-order valence-corrected chi connectivity index (χ1v) is 11.8. The highest BCUT2D eigenvalue weighted by molar-refractivity contribution is 7.89. The molecule has 9 heteroatoms. The minimum absolute atomic E-state index is 0.0432. The Morgan fingerprint density at radius 2 is 1.71 bits per heavy atom. The lowest BCUT2D eigenvalue weighted by atomic mass is 9.99. The second kappa shape index (κ2) is 8.76. The van der Waals surface area contributed by atoms with E-state index in [0.29, 0.717) is 43.7 Å². The third-order valence-electron chi connectivity index (χ3n) is 5.73. The quantitative estimate of drug-likeness (QED) is 0.767. The molecule has 2 aliphatic heterocycles.